The smallest absolute Gasteiger partial charge is 0.335 e. The van der Waals surface area contributed by atoms with Crippen molar-refractivity contribution in [3.63, 3.8) is 0 Å². The van der Waals surface area contributed by atoms with Crippen LogP contribution in [0.5, 0.6) is 11.5 Å². The summed E-state index contributed by atoms with van der Waals surface area (Å²) in [4.78, 5) is 39.6. The van der Waals surface area contributed by atoms with E-state index >= 15 is 0 Å². The van der Waals surface area contributed by atoms with Crippen molar-refractivity contribution < 1.29 is 23.9 Å². The Morgan fingerprint density at radius 2 is 1.39 bits per heavy atom. The number of aryl methyl sites for hydroxylation is 1. The number of amides is 4. The standard InChI is InChI=1S/C32H24Br2N2O5/c1-20-7-9-22(10-8-20)19-41-29-27(33)16-23(17-28(29)34)15-26-30(37)35-32(39)36(31(26)38)24-11-13-25(14-12-24)40-18-21-5-3-2-4-6-21/h2-17H,18-19H2,1H3,(H,35,37,39)/b26-15+. The number of anilines is 1. The average Bonchev–Trinajstić information content (AvgIpc) is 2.96. The van der Waals surface area contributed by atoms with E-state index in [0.717, 1.165) is 16.0 Å². The number of hydrogen-bond donors (Lipinski definition) is 1. The predicted octanol–water partition coefficient (Wildman–Crippen LogP) is 7.34. The second kappa shape index (κ2) is 12.5. The molecule has 1 aliphatic rings. The molecule has 0 spiro atoms. The number of rotatable bonds is 8. The summed E-state index contributed by atoms with van der Waals surface area (Å²) in [6.07, 6.45) is 1.44. The Labute approximate surface area is 254 Å². The van der Waals surface area contributed by atoms with E-state index in [1.807, 2.05) is 61.5 Å². The van der Waals surface area contributed by atoms with E-state index in [-0.39, 0.29) is 5.57 Å². The summed E-state index contributed by atoms with van der Waals surface area (Å²) >= 11 is 7.05. The first-order chi connectivity index (χ1) is 19.8. The molecule has 0 radical (unpaired) electrons. The molecule has 1 N–H and O–H groups in total. The Hall–Kier alpha value is -4.21. The number of hydrogen-bond acceptors (Lipinski definition) is 5. The summed E-state index contributed by atoms with van der Waals surface area (Å²) in [6, 6.07) is 26.9. The molecule has 1 saturated heterocycles. The van der Waals surface area contributed by atoms with E-state index in [4.69, 9.17) is 9.47 Å². The largest absolute Gasteiger partial charge is 0.489 e. The SMILES string of the molecule is Cc1ccc(COc2c(Br)cc(/C=C3\C(=O)NC(=O)N(c4ccc(OCc5ccccc5)cc4)C3=O)cc2Br)cc1. The highest BCUT2D eigenvalue weighted by Gasteiger charge is 2.36. The van der Waals surface area contributed by atoms with E-state index in [2.05, 4.69) is 37.2 Å². The molecule has 1 heterocycles. The molecule has 1 fully saturated rings. The third kappa shape index (κ3) is 6.75. The minimum absolute atomic E-state index is 0.180. The van der Waals surface area contributed by atoms with Crippen LogP contribution in [0.1, 0.15) is 22.3 Å². The highest BCUT2D eigenvalue weighted by molar-refractivity contribution is 9.11. The van der Waals surface area contributed by atoms with Gasteiger partial charge < -0.3 is 9.47 Å². The maximum absolute atomic E-state index is 13.4. The van der Waals surface area contributed by atoms with Crippen LogP contribution in [0.25, 0.3) is 6.08 Å². The van der Waals surface area contributed by atoms with Gasteiger partial charge in [-0.25, -0.2) is 9.69 Å². The van der Waals surface area contributed by atoms with Crippen molar-refractivity contribution in [3.8, 4) is 11.5 Å². The summed E-state index contributed by atoms with van der Waals surface area (Å²) in [7, 11) is 0. The van der Waals surface area contributed by atoms with Gasteiger partial charge in [0.2, 0.25) is 0 Å². The van der Waals surface area contributed by atoms with Crippen molar-refractivity contribution in [2.45, 2.75) is 20.1 Å². The Bertz CT molecular complexity index is 1610. The molecular weight excluding hydrogens is 652 g/mol. The van der Waals surface area contributed by atoms with E-state index in [1.54, 1.807) is 36.4 Å². The minimum atomic E-state index is -0.822. The van der Waals surface area contributed by atoms with Gasteiger partial charge in [-0.3, -0.25) is 14.9 Å². The molecule has 4 aromatic rings. The molecule has 4 aromatic carbocycles. The van der Waals surface area contributed by atoms with Gasteiger partial charge in [0.05, 0.1) is 14.6 Å². The number of nitrogens with one attached hydrogen (secondary N) is 1. The molecular formula is C32H24Br2N2O5. The van der Waals surface area contributed by atoms with Crippen LogP contribution >= 0.6 is 31.9 Å². The molecule has 0 aliphatic carbocycles. The Balaban J connectivity index is 1.32. The van der Waals surface area contributed by atoms with Crippen molar-refractivity contribution in [2.75, 3.05) is 4.90 Å². The lowest BCUT2D eigenvalue weighted by Gasteiger charge is -2.26. The second-order valence-electron chi connectivity index (χ2n) is 9.31. The number of ether oxygens (including phenoxy) is 2. The third-order valence-electron chi connectivity index (χ3n) is 6.28. The molecule has 0 unspecified atom stereocenters. The highest BCUT2D eigenvalue weighted by Crippen LogP contribution is 2.36. The van der Waals surface area contributed by atoms with Crippen molar-refractivity contribution >= 4 is 61.5 Å². The number of barbiturate groups is 1. The second-order valence-corrected chi connectivity index (χ2v) is 11.0. The molecule has 0 saturated carbocycles. The monoisotopic (exact) mass is 674 g/mol. The first kappa shape index (κ1) is 28.3. The predicted molar refractivity (Wildman–Crippen MR) is 164 cm³/mol. The van der Waals surface area contributed by atoms with Gasteiger partial charge in [0, 0.05) is 0 Å². The molecule has 0 aromatic heterocycles. The van der Waals surface area contributed by atoms with Crippen LogP contribution in [0.2, 0.25) is 0 Å². The van der Waals surface area contributed by atoms with Crippen LogP contribution in [0.3, 0.4) is 0 Å². The van der Waals surface area contributed by atoms with Crippen LogP contribution in [0.4, 0.5) is 10.5 Å². The number of halogens is 2. The normalized spacial score (nSPS) is 14.3. The van der Waals surface area contributed by atoms with Crippen molar-refractivity contribution in [1.82, 2.24) is 5.32 Å². The maximum atomic E-state index is 13.4. The fourth-order valence-electron chi connectivity index (χ4n) is 4.13. The van der Waals surface area contributed by atoms with Gasteiger partial charge in [0.25, 0.3) is 11.8 Å². The molecule has 4 amide bonds. The van der Waals surface area contributed by atoms with E-state index < -0.39 is 17.8 Å². The van der Waals surface area contributed by atoms with Gasteiger partial charge in [0.1, 0.15) is 30.3 Å². The van der Waals surface area contributed by atoms with Crippen molar-refractivity contribution in [3.05, 3.63) is 128 Å². The van der Waals surface area contributed by atoms with Crippen LogP contribution in [-0.4, -0.2) is 17.8 Å². The van der Waals surface area contributed by atoms with Crippen molar-refractivity contribution in [2.24, 2.45) is 0 Å². The number of urea groups is 1. The zero-order chi connectivity index (χ0) is 28.9. The van der Waals surface area contributed by atoms with Gasteiger partial charge in [-0.1, -0.05) is 60.2 Å². The fraction of sp³-hybridized carbons (Fsp3) is 0.0938. The summed E-state index contributed by atoms with van der Waals surface area (Å²) < 4.78 is 13.1. The summed E-state index contributed by atoms with van der Waals surface area (Å²) in [5, 5.41) is 2.25. The molecule has 9 heteroatoms. The molecule has 206 valence electrons. The first-order valence-electron chi connectivity index (χ1n) is 12.6. The van der Waals surface area contributed by atoms with Crippen LogP contribution < -0.4 is 19.7 Å². The maximum Gasteiger partial charge on any atom is 0.335 e. The Morgan fingerprint density at radius 1 is 0.780 bits per heavy atom. The lowest BCUT2D eigenvalue weighted by Crippen LogP contribution is -2.54. The molecule has 41 heavy (non-hydrogen) atoms. The number of carbonyl (C=O) groups is 3. The number of carbonyl (C=O) groups excluding carboxylic acids is 3. The van der Waals surface area contributed by atoms with Gasteiger partial charge in [-0.15, -0.1) is 0 Å². The average molecular weight is 676 g/mol. The van der Waals surface area contributed by atoms with Gasteiger partial charge in [-0.05, 0) is 97.9 Å². The summed E-state index contributed by atoms with van der Waals surface area (Å²) in [6.45, 7) is 2.77. The molecule has 0 bridgehead atoms. The molecule has 1 aliphatic heterocycles. The lowest BCUT2D eigenvalue weighted by atomic mass is 10.1. The number of benzene rings is 4. The Morgan fingerprint density at radius 3 is 2.05 bits per heavy atom. The number of imide groups is 2. The summed E-state index contributed by atoms with van der Waals surface area (Å²) in [5.74, 6) is -0.345. The van der Waals surface area contributed by atoms with Crippen molar-refractivity contribution in [1.29, 1.82) is 0 Å². The topological polar surface area (TPSA) is 84.9 Å². The van der Waals surface area contributed by atoms with E-state index in [1.165, 1.54) is 11.6 Å². The lowest BCUT2D eigenvalue weighted by molar-refractivity contribution is -0.122. The van der Waals surface area contributed by atoms with Crippen LogP contribution in [-0.2, 0) is 22.8 Å². The van der Waals surface area contributed by atoms with Gasteiger partial charge in [-0.2, -0.15) is 0 Å². The third-order valence-corrected chi connectivity index (χ3v) is 7.46. The van der Waals surface area contributed by atoms with Crippen LogP contribution in [0.15, 0.2) is 106 Å². The molecule has 7 nitrogen and oxygen atoms in total. The molecule has 0 atom stereocenters. The van der Waals surface area contributed by atoms with Gasteiger partial charge in [0.15, 0.2) is 0 Å². The van der Waals surface area contributed by atoms with Crippen LogP contribution in [0, 0.1) is 6.92 Å². The minimum Gasteiger partial charge on any atom is -0.489 e. The quantitative estimate of drug-likeness (QED) is 0.156. The Kier molecular flexibility index (Phi) is 8.66. The highest BCUT2D eigenvalue weighted by atomic mass is 79.9. The number of nitrogens with zero attached hydrogens (tertiary/aromatic N) is 1. The fourth-order valence-corrected chi connectivity index (χ4v) is 5.58. The van der Waals surface area contributed by atoms with E-state index in [9.17, 15) is 14.4 Å². The van der Waals surface area contributed by atoms with E-state index in [0.29, 0.717) is 44.9 Å². The zero-order valence-electron chi connectivity index (χ0n) is 21.9. The summed E-state index contributed by atoms with van der Waals surface area (Å²) in [5.41, 5.74) is 3.88. The zero-order valence-corrected chi connectivity index (χ0v) is 25.1. The first-order valence-corrected chi connectivity index (χ1v) is 14.2. The molecule has 5 rings (SSSR count). The van der Waals surface area contributed by atoms with Gasteiger partial charge >= 0.3 is 6.03 Å².